The van der Waals surface area contributed by atoms with E-state index in [2.05, 4.69) is 21.1 Å². The van der Waals surface area contributed by atoms with Crippen LogP contribution in [0.2, 0.25) is 0 Å². The third-order valence-corrected chi connectivity index (χ3v) is 10.7. The number of fused-ring (bicyclic) bond motifs is 4. The van der Waals surface area contributed by atoms with Crippen LogP contribution in [0.15, 0.2) is 48.5 Å². The summed E-state index contributed by atoms with van der Waals surface area (Å²) >= 11 is 1.72. The third-order valence-electron chi connectivity index (χ3n) is 9.48. The first-order valence-electron chi connectivity index (χ1n) is 15.6. The summed E-state index contributed by atoms with van der Waals surface area (Å²) in [6.45, 7) is 4.09. The van der Waals surface area contributed by atoms with Gasteiger partial charge in [0.05, 0.1) is 17.4 Å². The fourth-order valence-electron chi connectivity index (χ4n) is 7.59. The van der Waals surface area contributed by atoms with Crippen molar-refractivity contribution in [1.29, 1.82) is 0 Å². The summed E-state index contributed by atoms with van der Waals surface area (Å²) < 4.78 is 38.1. The first-order valence-corrected chi connectivity index (χ1v) is 16.9. The summed E-state index contributed by atoms with van der Waals surface area (Å²) in [7, 11) is 0. The Bertz CT molecular complexity index is 1810. The van der Waals surface area contributed by atoms with E-state index in [-0.39, 0.29) is 40.7 Å². The fraction of sp³-hybridized carbons (Fsp3) is 0.441. The zero-order valence-electron chi connectivity index (χ0n) is 25.5. The van der Waals surface area contributed by atoms with Gasteiger partial charge in [-0.1, -0.05) is 25.1 Å². The smallest absolute Gasteiger partial charge is 0.319 e. The number of aromatic nitrogens is 3. The van der Waals surface area contributed by atoms with Crippen LogP contribution in [0.25, 0.3) is 32.9 Å². The molecule has 3 aliphatic heterocycles. The van der Waals surface area contributed by atoms with E-state index in [9.17, 15) is 14.6 Å². The van der Waals surface area contributed by atoms with Crippen LogP contribution in [0, 0.1) is 11.2 Å². The number of aliphatic hydroxyl groups excluding tert-OH is 1. The molecule has 3 unspecified atom stereocenters. The average molecular weight is 634 g/mol. The van der Waals surface area contributed by atoms with E-state index in [0.29, 0.717) is 49.1 Å². The molecule has 2 aromatic heterocycles. The minimum Gasteiger partial charge on any atom is -0.511 e. The highest BCUT2D eigenvalue weighted by Gasteiger charge is 2.50. The van der Waals surface area contributed by atoms with Crippen LogP contribution < -0.4 is 9.64 Å². The van der Waals surface area contributed by atoms with E-state index in [0.717, 1.165) is 42.1 Å². The van der Waals surface area contributed by atoms with Crippen molar-refractivity contribution in [2.24, 2.45) is 5.41 Å². The van der Waals surface area contributed by atoms with Crippen LogP contribution >= 0.6 is 11.8 Å². The van der Waals surface area contributed by atoms with Gasteiger partial charge in [-0.15, -0.1) is 11.8 Å². The number of allylic oxidation sites excluding steroid dienone is 1. The highest BCUT2D eigenvalue weighted by molar-refractivity contribution is 7.99. The lowest BCUT2D eigenvalue weighted by Gasteiger charge is -2.53. The Morgan fingerprint density at radius 3 is 2.82 bits per heavy atom. The number of benzene rings is 2. The number of aromatic hydroxyl groups is 1. The molecule has 8 nitrogen and oxygen atoms in total. The topological polar surface area (TPSA) is 94.8 Å². The lowest BCUT2D eigenvalue weighted by molar-refractivity contribution is -0.0508. The number of hydrogen-bond acceptors (Lipinski definition) is 9. The Hall–Kier alpha value is -3.70. The number of aliphatic hydroxyl groups is 1. The van der Waals surface area contributed by atoms with Gasteiger partial charge < -0.3 is 19.8 Å². The number of phenols is 1. The Labute approximate surface area is 265 Å². The van der Waals surface area contributed by atoms with Crippen molar-refractivity contribution in [3.8, 4) is 23.0 Å². The maximum Gasteiger partial charge on any atom is 0.319 e. The molecule has 45 heavy (non-hydrogen) atoms. The third kappa shape index (κ3) is 5.33. The number of phenolic OH excluding ortho intramolecular Hbond substituents is 1. The molecule has 0 saturated carbocycles. The van der Waals surface area contributed by atoms with Crippen LogP contribution in [0.3, 0.4) is 0 Å². The number of hydrogen-bond donors (Lipinski definition) is 2. The zero-order valence-corrected chi connectivity index (χ0v) is 26.3. The van der Waals surface area contributed by atoms with E-state index in [1.165, 1.54) is 6.07 Å². The minimum absolute atomic E-state index is 0.00522. The number of piperidine rings is 2. The van der Waals surface area contributed by atoms with Crippen molar-refractivity contribution in [3.05, 3.63) is 59.9 Å². The van der Waals surface area contributed by atoms with Crippen molar-refractivity contribution in [2.45, 2.75) is 57.0 Å². The van der Waals surface area contributed by atoms with Crippen molar-refractivity contribution < 1.29 is 23.7 Å². The van der Waals surface area contributed by atoms with Crippen LogP contribution in [0.1, 0.15) is 44.6 Å². The molecule has 4 aromatic rings. The zero-order chi connectivity index (χ0) is 31.3. The van der Waals surface area contributed by atoms with E-state index in [1.807, 2.05) is 25.1 Å². The Morgan fingerprint density at radius 2 is 2.02 bits per heavy atom. The molecule has 2 N–H and O–H groups in total. The normalized spacial score (nSPS) is 25.0. The van der Waals surface area contributed by atoms with E-state index in [1.54, 1.807) is 35.1 Å². The van der Waals surface area contributed by atoms with Gasteiger partial charge in [0.1, 0.15) is 34.7 Å². The number of pyridine rings is 1. The Balaban J connectivity index is 1.37. The lowest BCUT2D eigenvalue weighted by atomic mass is 9.73. The molecule has 0 amide bonds. The first-order chi connectivity index (χ1) is 21.8. The van der Waals surface area contributed by atoms with Crippen LogP contribution in [0.5, 0.6) is 11.8 Å². The van der Waals surface area contributed by atoms with Gasteiger partial charge in [-0.3, -0.25) is 9.88 Å². The molecular weight excluding hydrogens is 596 g/mol. The van der Waals surface area contributed by atoms with Gasteiger partial charge in [0, 0.05) is 42.9 Å². The summed E-state index contributed by atoms with van der Waals surface area (Å²) in [5, 5.41) is 23.0. The quantitative estimate of drug-likeness (QED) is 0.220. The molecule has 0 spiro atoms. The molecule has 2 bridgehead atoms. The average Bonchev–Trinajstić information content (AvgIpc) is 3.02. The Morgan fingerprint density at radius 1 is 1.16 bits per heavy atom. The number of alkyl halides is 1. The van der Waals surface area contributed by atoms with Crippen molar-refractivity contribution in [3.63, 3.8) is 0 Å². The maximum absolute atomic E-state index is 16.8. The summed E-state index contributed by atoms with van der Waals surface area (Å²) in [6.07, 6.45) is 8.39. The predicted octanol–water partition coefficient (Wildman–Crippen LogP) is 7.14. The first kappa shape index (κ1) is 30.0. The predicted molar refractivity (Wildman–Crippen MR) is 174 cm³/mol. The second kappa shape index (κ2) is 11.9. The number of nitrogens with zero attached hydrogens (tertiary/aromatic N) is 5. The molecule has 7 rings (SSSR count). The maximum atomic E-state index is 16.8. The second-order valence-electron chi connectivity index (χ2n) is 12.4. The van der Waals surface area contributed by atoms with Crippen molar-refractivity contribution in [2.75, 3.05) is 37.4 Å². The number of ether oxygens (including phenoxy) is 1. The molecule has 0 aliphatic carbocycles. The van der Waals surface area contributed by atoms with Crippen molar-refractivity contribution in [1.82, 2.24) is 19.9 Å². The van der Waals surface area contributed by atoms with Crippen LogP contribution in [-0.4, -0.2) is 74.1 Å². The van der Waals surface area contributed by atoms with Crippen LogP contribution in [-0.2, 0) is 6.42 Å². The highest BCUT2D eigenvalue weighted by atomic mass is 32.2. The molecule has 2 saturated heterocycles. The van der Waals surface area contributed by atoms with E-state index in [4.69, 9.17) is 9.72 Å². The number of rotatable bonds is 7. The highest BCUT2D eigenvalue weighted by Crippen LogP contribution is 2.48. The molecule has 236 valence electrons. The Kier molecular flexibility index (Phi) is 7.93. The summed E-state index contributed by atoms with van der Waals surface area (Å²) in [5.74, 6) is -0.0601. The van der Waals surface area contributed by atoms with Gasteiger partial charge in [0.25, 0.3) is 0 Å². The molecule has 3 aliphatic rings. The molecule has 4 atom stereocenters. The van der Waals surface area contributed by atoms with Crippen molar-refractivity contribution >= 4 is 39.3 Å². The SMILES string of the molecule is CCc1cccc2cc(O)cc(-c3ncc4c(N5C=C(O)CCC5)nc(OC[C@]56CCCN(CC(F)C5)C6SC)nc4c3F)c12. The molecular formula is C34H37F2N5O3S. The van der Waals surface area contributed by atoms with Gasteiger partial charge in [-0.2, -0.15) is 9.97 Å². The molecule has 2 aromatic carbocycles. The minimum atomic E-state index is -0.942. The van der Waals surface area contributed by atoms with Gasteiger partial charge >= 0.3 is 6.01 Å². The molecule has 11 heteroatoms. The number of aryl methyl sites for hydroxylation is 1. The summed E-state index contributed by atoms with van der Waals surface area (Å²) in [6, 6.07) is 9.00. The number of thioether (sulfide) groups is 1. The van der Waals surface area contributed by atoms with Gasteiger partial charge in [0.2, 0.25) is 0 Å². The molecule has 0 radical (unpaired) electrons. The lowest BCUT2D eigenvalue weighted by Crippen LogP contribution is -2.59. The fourth-order valence-corrected chi connectivity index (χ4v) is 8.86. The summed E-state index contributed by atoms with van der Waals surface area (Å²) in [4.78, 5) is 17.9. The monoisotopic (exact) mass is 633 g/mol. The van der Waals surface area contributed by atoms with Gasteiger partial charge in [0.15, 0.2) is 5.82 Å². The second-order valence-corrected chi connectivity index (χ2v) is 13.3. The van der Waals surface area contributed by atoms with Gasteiger partial charge in [-0.25, -0.2) is 8.78 Å². The van der Waals surface area contributed by atoms with Gasteiger partial charge in [-0.05, 0) is 73.4 Å². The number of halogens is 2. The summed E-state index contributed by atoms with van der Waals surface area (Å²) in [5.41, 5.74) is 1.15. The van der Waals surface area contributed by atoms with E-state index >= 15 is 4.39 Å². The standard InChI is InChI=1S/C34H37F2N5O3S/c1-3-20-7-4-8-21-13-24(43)14-25(27(20)21)29-28(36)30-26(16-37-29)31(40-11-5-9-23(42)18-40)39-33(38-30)44-19-34-10-6-12-41(32(34)45-2)17-22(35)15-34/h4,7-8,13-14,16,18,22,32,42-43H,3,5-6,9-12,15,17,19H2,1-2H3/t22?,32?,34-/m0/s1. The molecule has 5 heterocycles. The van der Waals surface area contributed by atoms with E-state index < -0.39 is 17.4 Å². The van der Waals surface area contributed by atoms with Crippen LogP contribution in [0.4, 0.5) is 14.6 Å². The molecule has 2 fully saturated rings. The number of anilines is 1. The largest absolute Gasteiger partial charge is 0.511 e.